The molecule has 1 aromatic carbocycles. The zero-order chi connectivity index (χ0) is 17.8. The van der Waals surface area contributed by atoms with Gasteiger partial charge in [0.1, 0.15) is 11.8 Å². The Labute approximate surface area is 150 Å². The van der Waals surface area contributed by atoms with E-state index in [1.807, 2.05) is 6.07 Å². The molecule has 130 valence electrons. The van der Waals surface area contributed by atoms with Crippen molar-refractivity contribution in [1.29, 1.82) is 0 Å². The number of carbonyl (C=O) groups excluding carboxylic acids is 2. The number of nitrogens with zero attached hydrogens (tertiary/aromatic N) is 2. The van der Waals surface area contributed by atoms with Crippen LogP contribution in [0.15, 0.2) is 42.7 Å². The maximum atomic E-state index is 12.5. The van der Waals surface area contributed by atoms with E-state index in [-0.39, 0.29) is 24.0 Å². The summed E-state index contributed by atoms with van der Waals surface area (Å²) < 4.78 is 0. The molecule has 1 aromatic heterocycles. The normalized spacial score (nSPS) is 16.9. The molecule has 3 rings (SSSR count). The lowest BCUT2D eigenvalue weighted by Crippen LogP contribution is -2.41. The highest BCUT2D eigenvalue weighted by atomic mass is 35.5. The van der Waals surface area contributed by atoms with Crippen molar-refractivity contribution in [3.05, 3.63) is 53.3 Å². The second-order valence-electron chi connectivity index (χ2n) is 5.93. The van der Waals surface area contributed by atoms with E-state index < -0.39 is 6.04 Å². The number of nitrogens with one attached hydrogen (secondary N) is 1. The number of carbonyl (C=O) groups is 2. The lowest BCUT2D eigenvalue weighted by Gasteiger charge is -2.17. The summed E-state index contributed by atoms with van der Waals surface area (Å²) in [6.07, 6.45) is 4.18. The number of pyridine rings is 1. The number of aromatic hydroxyl groups is 1. The first-order chi connectivity index (χ1) is 12.0. The minimum atomic E-state index is -0.520. The van der Waals surface area contributed by atoms with Gasteiger partial charge in [0.2, 0.25) is 11.8 Å². The predicted molar refractivity (Wildman–Crippen MR) is 94.6 cm³/mol. The van der Waals surface area contributed by atoms with Gasteiger partial charge in [-0.25, -0.2) is 0 Å². The van der Waals surface area contributed by atoms with Crippen LogP contribution in [0.2, 0.25) is 5.02 Å². The van der Waals surface area contributed by atoms with E-state index >= 15 is 0 Å². The highest BCUT2D eigenvalue weighted by molar-refractivity contribution is 6.31. The minimum Gasteiger partial charge on any atom is -0.506 e. The molecule has 0 spiro atoms. The number of amides is 2. The second kappa shape index (κ2) is 7.53. The summed E-state index contributed by atoms with van der Waals surface area (Å²) in [5.41, 5.74) is 1.51. The molecule has 0 unspecified atom stereocenters. The van der Waals surface area contributed by atoms with E-state index in [9.17, 15) is 14.7 Å². The molecule has 2 amide bonds. The fourth-order valence-electron chi connectivity index (χ4n) is 2.85. The van der Waals surface area contributed by atoms with Crippen LogP contribution in [0.25, 0.3) is 0 Å². The standard InChI is InChI=1S/C18H18ClN3O3/c19-13-2-1-3-14(9-13)22-7-6-16(18(22)25)21-17(24)5-4-12-8-15(23)11-20-10-12/h1-3,8-11,16,23H,4-7H2,(H,21,24)/t16-/m1/s1. The predicted octanol–water partition coefficient (Wildman–Crippen LogP) is 2.29. The van der Waals surface area contributed by atoms with Gasteiger partial charge >= 0.3 is 0 Å². The lowest BCUT2D eigenvalue weighted by atomic mass is 10.1. The fourth-order valence-corrected chi connectivity index (χ4v) is 3.03. The Hall–Kier alpha value is -2.60. The molecular weight excluding hydrogens is 342 g/mol. The van der Waals surface area contributed by atoms with Crippen LogP contribution in [-0.4, -0.2) is 34.5 Å². The van der Waals surface area contributed by atoms with E-state index in [0.29, 0.717) is 24.4 Å². The van der Waals surface area contributed by atoms with E-state index in [4.69, 9.17) is 11.6 Å². The van der Waals surface area contributed by atoms with Gasteiger partial charge in [0.25, 0.3) is 0 Å². The summed E-state index contributed by atoms with van der Waals surface area (Å²) in [5.74, 6) is -0.259. The van der Waals surface area contributed by atoms with Crippen molar-refractivity contribution in [3.63, 3.8) is 0 Å². The molecule has 0 aliphatic carbocycles. The Morgan fingerprint density at radius 2 is 2.20 bits per heavy atom. The molecule has 1 atom stereocenters. The highest BCUT2D eigenvalue weighted by Gasteiger charge is 2.33. The van der Waals surface area contributed by atoms with Crippen molar-refractivity contribution in [1.82, 2.24) is 10.3 Å². The highest BCUT2D eigenvalue weighted by Crippen LogP contribution is 2.24. The molecule has 0 radical (unpaired) electrons. The van der Waals surface area contributed by atoms with E-state index in [1.54, 1.807) is 35.4 Å². The molecule has 2 N–H and O–H groups in total. The van der Waals surface area contributed by atoms with Crippen molar-refractivity contribution < 1.29 is 14.7 Å². The van der Waals surface area contributed by atoms with Crippen LogP contribution in [0.3, 0.4) is 0 Å². The van der Waals surface area contributed by atoms with Crippen molar-refractivity contribution in [2.24, 2.45) is 0 Å². The molecule has 2 heterocycles. The van der Waals surface area contributed by atoms with Crippen LogP contribution in [0.5, 0.6) is 5.75 Å². The maximum Gasteiger partial charge on any atom is 0.249 e. The van der Waals surface area contributed by atoms with Crippen LogP contribution < -0.4 is 10.2 Å². The van der Waals surface area contributed by atoms with Crippen molar-refractivity contribution in [2.45, 2.75) is 25.3 Å². The van der Waals surface area contributed by atoms with Gasteiger partial charge in [0, 0.05) is 29.9 Å². The first-order valence-corrected chi connectivity index (χ1v) is 8.40. The number of rotatable bonds is 5. The molecule has 1 fully saturated rings. The molecule has 0 bridgehead atoms. The number of anilines is 1. The van der Waals surface area contributed by atoms with Crippen molar-refractivity contribution in [3.8, 4) is 5.75 Å². The molecule has 1 aliphatic heterocycles. The molecule has 2 aromatic rings. The van der Waals surface area contributed by atoms with Gasteiger partial charge in [0.05, 0.1) is 6.20 Å². The molecule has 25 heavy (non-hydrogen) atoms. The van der Waals surface area contributed by atoms with E-state index in [0.717, 1.165) is 11.3 Å². The van der Waals surface area contributed by atoms with Crippen LogP contribution in [0.4, 0.5) is 5.69 Å². The van der Waals surface area contributed by atoms with E-state index in [1.165, 1.54) is 6.20 Å². The fraction of sp³-hybridized carbons (Fsp3) is 0.278. The second-order valence-corrected chi connectivity index (χ2v) is 6.37. The average Bonchev–Trinajstić information content (AvgIpc) is 2.94. The topological polar surface area (TPSA) is 82.5 Å². The molecular formula is C18H18ClN3O3. The van der Waals surface area contributed by atoms with Gasteiger partial charge in [-0.1, -0.05) is 17.7 Å². The minimum absolute atomic E-state index is 0.0704. The Bertz CT molecular complexity index is 797. The number of aromatic nitrogens is 1. The van der Waals surface area contributed by atoms with Crippen LogP contribution in [-0.2, 0) is 16.0 Å². The quantitative estimate of drug-likeness (QED) is 0.858. The molecule has 6 nitrogen and oxygen atoms in total. The van der Waals surface area contributed by atoms with Crippen molar-refractivity contribution in [2.75, 3.05) is 11.4 Å². The Morgan fingerprint density at radius 3 is 2.96 bits per heavy atom. The summed E-state index contributed by atoms with van der Waals surface area (Å²) in [6, 6.07) is 8.15. The van der Waals surface area contributed by atoms with Gasteiger partial charge in [-0.15, -0.1) is 0 Å². The first kappa shape index (κ1) is 17.2. The monoisotopic (exact) mass is 359 g/mol. The third-order valence-corrected chi connectivity index (χ3v) is 4.32. The zero-order valence-corrected chi connectivity index (χ0v) is 14.2. The number of hydrogen-bond donors (Lipinski definition) is 2. The summed E-state index contributed by atoms with van der Waals surface area (Å²) >= 11 is 5.97. The number of hydrogen-bond acceptors (Lipinski definition) is 4. The summed E-state index contributed by atoms with van der Waals surface area (Å²) in [4.78, 5) is 30.1. The molecule has 0 saturated carbocycles. The Balaban J connectivity index is 1.55. The number of aryl methyl sites for hydroxylation is 1. The zero-order valence-electron chi connectivity index (χ0n) is 13.5. The summed E-state index contributed by atoms with van der Waals surface area (Å²) in [6.45, 7) is 0.542. The molecule has 1 saturated heterocycles. The Kier molecular flexibility index (Phi) is 5.19. The third-order valence-electron chi connectivity index (χ3n) is 4.08. The third kappa shape index (κ3) is 4.28. The maximum absolute atomic E-state index is 12.5. The van der Waals surface area contributed by atoms with Gasteiger partial charge in [-0.3, -0.25) is 14.6 Å². The average molecular weight is 360 g/mol. The van der Waals surface area contributed by atoms with Crippen LogP contribution in [0, 0.1) is 0 Å². The SMILES string of the molecule is O=C(CCc1cncc(O)c1)N[C@@H]1CCN(c2cccc(Cl)c2)C1=O. The molecule has 7 heteroatoms. The molecule has 1 aliphatic rings. The van der Waals surface area contributed by atoms with Gasteiger partial charge in [-0.05, 0) is 42.7 Å². The van der Waals surface area contributed by atoms with Gasteiger partial charge < -0.3 is 15.3 Å². The van der Waals surface area contributed by atoms with Crippen molar-refractivity contribution >= 4 is 29.1 Å². The summed E-state index contributed by atoms with van der Waals surface area (Å²) in [7, 11) is 0. The largest absolute Gasteiger partial charge is 0.506 e. The van der Waals surface area contributed by atoms with Gasteiger partial charge in [0.15, 0.2) is 0 Å². The smallest absolute Gasteiger partial charge is 0.249 e. The number of halogens is 1. The first-order valence-electron chi connectivity index (χ1n) is 8.02. The van der Waals surface area contributed by atoms with Crippen LogP contribution >= 0.6 is 11.6 Å². The van der Waals surface area contributed by atoms with E-state index in [2.05, 4.69) is 10.3 Å². The van der Waals surface area contributed by atoms with Crippen LogP contribution in [0.1, 0.15) is 18.4 Å². The number of benzene rings is 1. The Morgan fingerprint density at radius 1 is 1.36 bits per heavy atom. The lowest BCUT2D eigenvalue weighted by molar-refractivity contribution is -0.126. The van der Waals surface area contributed by atoms with Gasteiger partial charge in [-0.2, -0.15) is 0 Å². The summed E-state index contributed by atoms with van der Waals surface area (Å²) in [5, 5.41) is 12.7.